The molecule has 3 rings (SSSR count). The first-order chi connectivity index (χ1) is 13.1. The normalized spacial score (nSPS) is 14.9. The summed E-state index contributed by atoms with van der Waals surface area (Å²) in [4.78, 5) is 39.8. The van der Waals surface area contributed by atoms with Crippen LogP contribution in [0.1, 0.15) is 49.5 Å². The van der Waals surface area contributed by atoms with E-state index in [4.69, 9.17) is 0 Å². The Bertz CT molecular complexity index is 900. The number of likely N-dealkylation sites (N-methyl/N-ethyl adjacent to an activating group) is 1. The molecule has 1 aromatic heterocycles. The molecule has 1 N–H and O–H groups in total. The molecular formula is C20H26N4O3. The van der Waals surface area contributed by atoms with Crippen LogP contribution in [0.2, 0.25) is 0 Å². The molecule has 1 aromatic carbocycles. The number of carbonyl (C=O) groups is 2. The fourth-order valence-electron chi connectivity index (χ4n) is 3.88. The van der Waals surface area contributed by atoms with E-state index >= 15 is 0 Å². The Balaban J connectivity index is 1.96. The molecule has 0 radical (unpaired) electrons. The van der Waals surface area contributed by atoms with Gasteiger partial charge in [-0.2, -0.15) is 5.10 Å². The van der Waals surface area contributed by atoms with Crippen molar-refractivity contribution < 1.29 is 9.59 Å². The summed E-state index contributed by atoms with van der Waals surface area (Å²) in [6, 6.07) is 7.08. The van der Waals surface area contributed by atoms with Crippen molar-refractivity contribution in [3.8, 4) is 0 Å². The van der Waals surface area contributed by atoms with Crippen LogP contribution in [0.5, 0.6) is 0 Å². The summed E-state index contributed by atoms with van der Waals surface area (Å²) in [5, 5.41) is 7.64. The number of hydrogen-bond acceptors (Lipinski definition) is 4. The van der Waals surface area contributed by atoms with Crippen molar-refractivity contribution in [2.24, 2.45) is 0 Å². The second-order valence-corrected chi connectivity index (χ2v) is 6.91. The molecule has 2 aromatic rings. The highest BCUT2D eigenvalue weighted by Gasteiger charge is 2.25. The van der Waals surface area contributed by atoms with Crippen LogP contribution in [-0.4, -0.2) is 46.1 Å². The number of hydrogen-bond donors (Lipinski definition) is 1. The molecule has 0 aliphatic heterocycles. The zero-order valence-electron chi connectivity index (χ0n) is 15.9. The van der Waals surface area contributed by atoms with Gasteiger partial charge >= 0.3 is 0 Å². The number of carbonyl (C=O) groups excluding carboxylic acids is 2. The second kappa shape index (κ2) is 8.33. The second-order valence-electron chi connectivity index (χ2n) is 6.91. The van der Waals surface area contributed by atoms with Crippen LogP contribution >= 0.6 is 0 Å². The Hall–Kier alpha value is -2.70. The summed E-state index contributed by atoms with van der Waals surface area (Å²) in [6.45, 7) is 2.41. The van der Waals surface area contributed by atoms with Crippen molar-refractivity contribution in [1.29, 1.82) is 0 Å². The summed E-state index contributed by atoms with van der Waals surface area (Å²) in [7, 11) is 1.52. The van der Waals surface area contributed by atoms with Gasteiger partial charge in [0.15, 0.2) is 5.69 Å². The van der Waals surface area contributed by atoms with E-state index < -0.39 is 0 Å². The third-order valence-electron chi connectivity index (χ3n) is 5.27. The molecular weight excluding hydrogens is 344 g/mol. The minimum atomic E-state index is -0.382. The number of nitrogens with zero attached hydrogens (tertiary/aromatic N) is 3. The number of nitrogens with one attached hydrogen (secondary N) is 1. The van der Waals surface area contributed by atoms with Gasteiger partial charge < -0.3 is 10.2 Å². The molecule has 1 aliphatic carbocycles. The van der Waals surface area contributed by atoms with Crippen molar-refractivity contribution in [3.63, 3.8) is 0 Å². The van der Waals surface area contributed by atoms with Crippen LogP contribution in [0.4, 0.5) is 0 Å². The predicted molar refractivity (Wildman–Crippen MR) is 104 cm³/mol. The average Bonchev–Trinajstić information content (AvgIpc) is 2.71. The number of aromatic nitrogens is 2. The first kappa shape index (κ1) is 19.1. The molecule has 1 heterocycles. The van der Waals surface area contributed by atoms with E-state index in [-0.39, 0.29) is 35.7 Å². The summed E-state index contributed by atoms with van der Waals surface area (Å²) < 4.78 is 1.13. The number of fused-ring (bicyclic) bond motifs is 1. The molecule has 1 saturated carbocycles. The van der Waals surface area contributed by atoms with E-state index in [1.54, 1.807) is 24.3 Å². The van der Waals surface area contributed by atoms with Crippen LogP contribution in [-0.2, 0) is 11.3 Å². The minimum Gasteiger partial charge on any atom is -0.354 e. The van der Waals surface area contributed by atoms with Crippen molar-refractivity contribution in [1.82, 2.24) is 20.0 Å². The zero-order chi connectivity index (χ0) is 19.4. The minimum absolute atomic E-state index is 0.128. The van der Waals surface area contributed by atoms with Gasteiger partial charge in [0.05, 0.1) is 5.39 Å². The van der Waals surface area contributed by atoms with Crippen molar-refractivity contribution >= 4 is 22.6 Å². The lowest BCUT2D eigenvalue weighted by Crippen LogP contribution is -2.44. The first-order valence-electron chi connectivity index (χ1n) is 9.58. The average molecular weight is 370 g/mol. The Morgan fingerprint density at radius 2 is 1.85 bits per heavy atom. The Morgan fingerprint density at radius 1 is 1.19 bits per heavy atom. The smallest absolute Gasteiger partial charge is 0.275 e. The SMILES string of the molecule is CCN(C(=O)Cn1nc(C(=O)NC)c2ccccc2c1=O)C1CCCCC1. The lowest BCUT2D eigenvalue weighted by atomic mass is 9.94. The third-order valence-corrected chi connectivity index (χ3v) is 5.27. The van der Waals surface area contributed by atoms with Gasteiger partial charge in [0.25, 0.3) is 11.5 Å². The Kier molecular flexibility index (Phi) is 5.88. The molecule has 0 bridgehead atoms. The van der Waals surface area contributed by atoms with E-state index in [0.29, 0.717) is 17.3 Å². The highest BCUT2D eigenvalue weighted by atomic mass is 16.2. The summed E-state index contributed by atoms with van der Waals surface area (Å²) in [5.41, 5.74) is -0.201. The summed E-state index contributed by atoms with van der Waals surface area (Å²) in [6.07, 6.45) is 5.47. The highest BCUT2D eigenvalue weighted by Crippen LogP contribution is 2.22. The van der Waals surface area contributed by atoms with E-state index in [1.165, 1.54) is 13.5 Å². The molecule has 7 heteroatoms. The van der Waals surface area contributed by atoms with Crippen LogP contribution in [0.3, 0.4) is 0 Å². The van der Waals surface area contributed by atoms with Gasteiger partial charge in [-0.15, -0.1) is 0 Å². The van der Waals surface area contributed by atoms with Gasteiger partial charge in [0.2, 0.25) is 5.91 Å². The fourth-order valence-corrected chi connectivity index (χ4v) is 3.88. The molecule has 27 heavy (non-hydrogen) atoms. The molecule has 144 valence electrons. The number of rotatable bonds is 5. The van der Waals surface area contributed by atoms with Crippen molar-refractivity contribution in [3.05, 3.63) is 40.3 Å². The molecule has 1 aliphatic rings. The van der Waals surface area contributed by atoms with Crippen LogP contribution in [0.25, 0.3) is 10.8 Å². The van der Waals surface area contributed by atoms with E-state index in [1.807, 2.05) is 11.8 Å². The van der Waals surface area contributed by atoms with Crippen molar-refractivity contribution in [2.45, 2.75) is 51.6 Å². The Morgan fingerprint density at radius 3 is 2.48 bits per heavy atom. The van der Waals surface area contributed by atoms with Gasteiger partial charge in [-0.1, -0.05) is 37.5 Å². The maximum absolute atomic E-state index is 12.9. The van der Waals surface area contributed by atoms with E-state index in [2.05, 4.69) is 10.4 Å². The lowest BCUT2D eigenvalue weighted by molar-refractivity contribution is -0.134. The van der Waals surface area contributed by atoms with Gasteiger partial charge in [0.1, 0.15) is 6.54 Å². The van der Waals surface area contributed by atoms with Crippen LogP contribution < -0.4 is 10.9 Å². The number of benzene rings is 1. The maximum Gasteiger partial charge on any atom is 0.275 e. The van der Waals surface area contributed by atoms with Crippen LogP contribution in [0.15, 0.2) is 29.1 Å². The van der Waals surface area contributed by atoms with E-state index in [9.17, 15) is 14.4 Å². The molecule has 0 saturated heterocycles. The standard InChI is InChI=1S/C20H26N4O3/c1-3-23(14-9-5-4-6-10-14)17(25)13-24-20(27)16-12-8-7-11-15(16)18(22-24)19(26)21-2/h7-8,11-12,14H,3-6,9-10,13H2,1-2H3,(H,21,26). The molecule has 2 amide bonds. The summed E-state index contributed by atoms with van der Waals surface area (Å²) >= 11 is 0. The molecule has 0 atom stereocenters. The molecule has 0 unspecified atom stereocenters. The Labute approximate surface area is 158 Å². The third kappa shape index (κ3) is 3.86. The monoisotopic (exact) mass is 370 g/mol. The lowest BCUT2D eigenvalue weighted by Gasteiger charge is -2.33. The predicted octanol–water partition coefficient (Wildman–Crippen LogP) is 1.94. The molecule has 7 nitrogen and oxygen atoms in total. The maximum atomic E-state index is 12.9. The van der Waals surface area contributed by atoms with Gasteiger partial charge in [-0.3, -0.25) is 14.4 Å². The topological polar surface area (TPSA) is 84.3 Å². The first-order valence-corrected chi connectivity index (χ1v) is 9.58. The molecule has 0 spiro atoms. The molecule has 1 fully saturated rings. The van der Waals surface area contributed by atoms with Gasteiger partial charge in [-0.25, -0.2) is 4.68 Å². The largest absolute Gasteiger partial charge is 0.354 e. The van der Waals surface area contributed by atoms with Crippen LogP contribution in [0, 0.1) is 0 Å². The van der Waals surface area contributed by atoms with Crippen molar-refractivity contribution in [2.75, 3.05) is 13.6 Å². The fraction of sp³-hybridized carbons (Fsp3) is 0.500. The quantitative estimate of drug-likeness (QED) is 0.872. The summed E-state index contributed by atoms with van der Waals surface area (Å²) in [5.74, 6) is -0.510. The number of amides is 2. The van der Waals surface area contributed by atoms with Gasteiger partial charge in [0, 0.05) is 25.0 Å². The highest BCUT2D eigenvalue weighted by molar-refractivity contribution is 6.04. The van der Waals surface area contributed by atoms with Gasteiger partial charge in [-0.05, 0) is 25.8 Å². The van der Waals surface area contributed by atoms with E-state index in [0.717, 1.165) is 30.4 Å². The zero-order valence-corrected chi connectivity index (χ0v) is 15.9.